The molecule has 5 heteroatoms. The van der Waals surface area contributed by atoms with Gasteiger partial charge in [-0.3, -0.25) is 9.69 Å². The van der Waals surface area contributed by atoms with Crippen molar-refractivity contribution in [3.63, 3.8) is 0 Å². The van der Waals surface area contributed by atoms with Crippen molar-refractivity contribution in [2.24, 2.45) is 0 Å². The molecule has 0 aromatic carbocycles. The van der Waals surface area contributed by atoms with E-state index in [1.54, 1.807) is 6.26 Å². The SMILES string of the molecule is O=C(O)CC1CCCCN1Cc1occc1Br. The molecule has 1 aliphatic heterocycles. The Balaban J connectivity index is 2.01. The number of likely N-dealkylation sites (tertiary alicyclic amines) is 1. The van der Waals surface area contributed by atoms with Gasteiger partial charge in [-0.25, -0.2) is 0 Å². The van der Waals surface area contributed by atoms with Gasteiger partial charge in [0.1, 0.15) is 5.76 Å². The quantitative estimate of drug-likeness (QED) is 0.929. The Hall–Kier alpha value is -0.810. The molecule has 1 atom stereocenters. The lowest BCUT2D eigenvalue weighted by atomic mass is 9.99. The van der Waals surface area contributed by atoms with Gasteiger partial charge in [0, 0.05) is 6.04 Å². The first-order chi connectivity index (χ1) is 8.16. The molecule has 0 aliphatic carbocycles. The van der Waals surface area contributed by atoms with Gasteiger partial charge in [-0.1, -0.05) is 6.42 Å². The van der Waals surface area contributed by atoms with E-state index in [1.165, 1.54) is 0 Å². The van der Waals surface area contributed by atoms with Gasteiger partial charge in [-0.2, -0.15) is 0 Å². The first kappa shape index (κ1) is 12.6. The number of hydrogen-bond acceptors (Lipinski definition) is 3. The molecule has 4 nitrogen and oxygen atoms in total. The van der Waals surface area contributed by atoms with Crippen molar-refractivity contribution in [2.45, 2.75) is 38.3 Å². The van der Waals surface area contributed by atoms with Gasteiger partial charge in [-0.15, -0.1) is 0 Å². The summed E-state index contributed by atoms with van der Waals surface area (Å²) >= 11 is 3.43. The number of rotatable bonds is 4. The zero-order chi connectivity index (χ0) is 12.3. The van der Waals surface area contributed by atoms with Crippen LogP contribution in [0, 0.1) is 0 Å². The van der Waals surface area contributed by atoms with E-state index >= 15 is 0 Å². The van der Waals surface area contributed by atoms with E-state index in [0.717, 1.165) is 36.0 Å². The molecule has 0 saturated carbocycles. The summed E-state index contributed by atoms with van der Waals surface area (Å²) < 4.78 is 6.34. The van der Waals surface area contributed by atoms with Crippen molar-refractivity contribution in [2.75, 3.05) is 6.54 Å². The summed E-state index contributed by atoms with van der Waals surface area (Å²) in [7, 11) is 0. The lowest BCUT2D eigenvalue weighted by Crippen LogP contribution is -2.40. The smallest absolute Gasteiger partial charge is 0.304 e. The summed E-state index contributed by atoms with van der Waals surface area (Å²) in [5.41, 5.74) is 0. The monoisotopic (exact) mass is 301 g/mol. The van der Waals surface area contributed by atoms with Gasteiger partial charge in [0.05, 0.1) is 23.7 Å². The lowest BCUT2D eigenvalue weighted by Gasteiger charge is -2.34. The second kappa shape index (κ2) is 5.69. The topological polar surface area (TPSA) is 53.7 Å². The van der Waals surface area contributed by atoms with E-state index in [4.69, 9.17) is 9.52 Å². The third kappa shape index (κ3) is 3.33. The number of furan rings is 1. The Bertz CT molecular complexity index is 391. The standard InChI is InChI=1S/C12H16BrNO3/c13-10-4-6-17-11(10)8-14-5-2-1-3-9(14)7-12(15)16/h4,6,9H,1-3,5,7-8H2,(H,15,16). The summed E-state index contributed by atoms with van der Waals surface area (Å²) in [5, 5.41) is 8.90. The van der Waals surface area contributed by atoms with Crippen LogP contribution in [0.1, 0.15) is 31.4 Å². The number of hydrogen-bond donors (Lipinski definition) is 1. The van der Waals surface area contributed by atoms with Crippen LogP contribution in [0.3, 0.4) is 0 Å². The minimum Gasteiger partial charge on any atom is -0.481 e. The van der Waals surface area contributed by atoms with Crippen LogP contribution in [-0.2, 0) is 11.3 Å². The maximum Gasteiger partial charge on any atom is 0.304 e. The Labute approximate surface area is 109 Å². The molecule has 2 rings (SSSR count). The molecule has 17 heavy (non-hydrogen) atoms. The van der Waals surface area contributed by atoms with Gasteiger partial charge in [0.25, 0.3) is 0 Å². The van der Waals surface area contributed by atoms with Crippen molar-refractivity contribution in [1.29, 1.82) is 0 Å². The number of carboxylic acids is 1. The molecule has 1 aromatic heterocycles. The summed E-state index contributed by atoms with van der Waals surface area (Å²) in [4.78, 5) is 13.0. The molecular weight excluding hydrogens is 286 g/mol. The Morgan fingerprint density at radius 1 is 1.59 bits per heavy atom. The number of nitrogens with zero attached hydrogens (tertiary/aromatic N) is 1. The number of carboxylic acid groups (broad SMARTS) is 1. The second-order valence-corrected chi connectivity index (χ2v) is 5.26. The van der Waals surface area contributed by atoms with E-state index in [1.807, 2.05) is 6.07 Å². The Kier molecular flexibility index (Phi) is 4.23. The molecule has 1 aromatic rings. The summed E-state index contributed by atoms with van der Waals surface area (Å²) in [6.45, 7) is 1.64. The first-order valence-electron chi connectivity index (χ1n) is 5.84. The van der Waals surface area contributed by atoms with Crippen LogP contribution in [0.2, 0.25) is 0 Å². The maximum atomic E-state index is 10.8. The highest BCUT2D eigenvalue weighted by molar-refractivity contribution is 9.10. The van der Waals surface area contributed by atoms with Crippen molar-refractivity contribution in [3.8, 4) is 0 Å². The Morgan fingerprint density at radius 2 is 2.41 bits per heavy atom. The third-order valence-corrected chi connectivity index (χ3v) is 3.90. The van der Waals surface area contributed by atoms with E-state index < -0.39 is 5.97 Å². The molecule has 0 radical (unpaired) electrons. The van der Waals surface area contributed by atoms with Gasteiger partial charge in [0.2, 0.25) is 0 Å². The van der Waals surface area contributed by atoms with Crippen LogP contribution < -0.4 is 0 Å². The van der Waals surface area contributed by atoms with Crippen LogP contribution in [0.5, 0.6) is 0 Å². The average molecular weight is 302 g/mol. The summed E-state index contributed by atoms with van der Waals surface area (Å²) in [6, 6.07) is 2.00. The molecule has 1 N–H and O–H groups in total. The highest BCUT2D eigenvalue weighted by Gasteiger charge is 2.25. The van der Waals surface area contributed by atoms with Gasteiger partial charge >= 0.3 is 5.97 Å². The number of piperidine rings is 1. The number of carbonyl (C=O) groups is 1. The molecule has 0 spiro atoms. The molecule has 1 saturated heterocycles. The highest BCUT2D eigenvalue weighted by atomic mass is 79.9. The molecule has 1 aliphatic rings. The van der Waals surface area contributed by atoms with Crippen LogP contribution in [0.4, 0.5) is 0 Å². The van der Waals surface area contributed by atoms with Crippen molar-refractivity contribution in [1.82, 2.24) is 4.90 Å². The molecule has 1 unspecified atom stereocenters. The van der Waals surface area contributed by atoms with Gasteiger partial charge in [-0.05, 0) is 41.4 Å². The summed E-state index contributed by atoms with van der Waals surface area (Å²) in [6.07, 6.45) is 5.08. The number of aliphatic carboxylic acids is 1. The zero-order valence-electron chi connectivity index (χ0n) is 9.56. The fourth-order valence-corrected chi connectivity index (χ4v) is 2.65. The van der Waals surface area contributed by atoms with Crippen LogP contribution >= 0.6 is 15.9 Å². The first-order valence-corrected chi connectivity index (χ1v) is 6.64. The van der Waals surface area contributed by atoms with Gasteiger partial charge < -0.3 is 9.52 Å². The maximum absolute atomic E-state index is 10.8. The molecule has 94 valence electrons. The van der Waals surface area contributed by atoms with Crippen molar-refractivity contribution >= 4 is 21.9 Å². The fraction of sp³-hybridized carbons (Fsp3) is 0.583. The van der Waals surface area contributed by atoms with Crippen LogP contribution in [0.15, 0.2) is 21.2 Å². The van der Waals surface area contributed by atoms with Gasteiger partial charge in [0.15, 0.2) is 0 Å². The third-order valence-electron chi connectivity index (χ3n) is 3.20. The van der Waals surface area contributed by atoms with Crippen LogP contribution in [0.25, 0.3) is 0 Å². The summed E-state index contributed by atoms with van der Waals surface area (Å²) in [5.74, 6) is 0.155. The molecule has 0 bridgehead atoms. The zero-order valence-corrected chi connectivity index (χ0v) is 11.1. The predicted molar refractivity (Wildman–Crippen MR) is 66.7 cm³/mol. The molecule has 1 fully saturated rings. The molecular formula is C12H16BrNO3. The van der Waals surface area contributed by atoms with Crippen molar-refractivity contribution in [3.05, 3.63) is 22.6 Å². The van der Waals surface area contributed by atoms with E-state index in [0.29, 0.717) is 6.54 Å². The number of halogens is 1. The second-order valence-electron chi connectivity index (χ2n) is 4.41. The minimum atomic E-state index is -0.722. The fourth-order valence-electron chi connectivity index (χ4n) is 2.32. The largest absolute Gasteiger partial charge is 0.481 e. The average Bonchev–Trinajstić information content (AvgIpc) is 2.67. The van der Waals surface area contributed by atoms with E-state index in [-0.39, 0.29) is 12.5 Å². The predicted octanol–water partition coefficient (Wildman–Crippen LogP) is 2.87. The minimum absolute atomic E-state index is 0.137. The Morgan fingerprint density at radius 3 is 3.06 bits per heavy atom. The lowest BCUT2D eigenvalue weighted by molar-refractivity contribution is -0.138. The van der Waals surface area contributed by atoms with E-state index in [2.05, 4.69) is 20.8 Å². The van der Waals surface area contributed by atoms with E-state index in [9.17, 15) is 4.79 Å². The normalized spacial score (nSPS) is 21.6. The molecule has 0 amide bonds. The highest BCUT2D eigenvalue weighted by Crippen LogP contribution is 2.25. The molecule has 2 heterocycles. The van der Waals surface area contributed by atoms with Crippen molar-refractivity contribution < 1.29 is 14.3 Å². The van der Waals surface area contributed by atoms with Crippen LogP contribution in [-0.4, -0.2) is 28.6 Å².